The van der Waals surface area contributed by atoms with Crippen molar-refractivity contribution < 1.29 is 19.4 Å². The van der Waals surface area contributed by atoms with Crippen molar-refractivity contribution in [3.63, 3.8) is 0 Å². The van der Waals surface area contributed by atoms with Crippen LogP contribution < -0.4 is 10.6 Å². The van der Waals surface area contributed by atoms with E-state index in [9.17, 15) is 9.90 Å². The maximum Gasteiger partial charge on any atom is 0.337 e. The Morgan fingerprint density at radius 1 is 1.55 bits per heavy atom. The fourth-order valence-electron chi connectivity index (χ4n) is 2.41. The van der Waals surface area contributed by atoms with E-state index in [2.05, 4.69) is 0 Å². The maximum absolute atomic E-state index is 11.6. The van der Waals surface area contributed by atoms with Crippen molar-refractivity contribution in [3.05, 3.63) is 23.8 Å². The summed E-state index contributed by atoms with van der Waals surface area (Å²) in [7, 11) is 1.34. The minimum absolute atomic E-state index is 0.0120. The largest absolute Gasteiger partial charge is 0.465 e. The fourth-order valence-corrected chi connectivity index (χ4v) is 2.41. The molecule has 1 aromatic carbocycles. The van der Waals surface area contributed by atoms with Crippen LogP contribution in [0.1, 0.15) is 17.3 Å². The van der Waals surface area contributed by atoms with Gasteiger partial charge in [-0.1, -0.05) is 0 Å². The van der Waals surface area contributed by atoms with Crippen LogP contribution >= 0.6 is 0 Å². The average molecular weight is 280 g/mol. The summed E-state index contributed by atoms with van der Waals surface area (Å²) in [4.78, 5) is 13.6. The maximum atomic E-state index is 11.6. The molecule has 0 radical (unpaired) electrons. The molecular formula is C14H20N2O4. The molecule has 1 heterocycles. The fraction of sp³-hybridized carbons (Fsp3) is 0.500. The van der Waals surface area contributed by atoms with Gasteiger partial charge >= 0.3 is 5.97 Å². The van der Waals surface area contributed by atoms with E-state index in [0.717, 1.165) is 5.69 Å². The molecule has 3 N–H and O–H groups in total. The number of esters is 1. The van der Waals surface area contributed by atoms with Gasteiger partial charge in [0.2, 0.25) is 0 Å². The number of aliphatic hydroxyl groups excluding tert-OH is 1. The van der Waals surface area contributed by atoms with Crippen molar-refractivity contribution in [2.45, 2.75) is 19.1 Å². The Kier molecular flexibility index (Phi) is 4.46. The third-order valence-electron chi connectivity index (χ3n) is 3.32. The third kappa shape index (κ3) is 3.02. The first-order chi connectivity index (χ1) is 9.55. The van der Waals surface area contributed by atoms with Crippen LogP contribution in [0.25, 0.3) is 0 Å². The highest BCUT2D eigenvalue weighted by molar-refractivity contribution is 5.92. The van der Waals surface area contributed by atoms with Crippen LogP contribution in [0.2, 0.25) is 0 Å². The number of hydrogen-bond donors (Lipinski definition) is 2. The molecule has 2 unspecified atom stereocenters. The number of nitrogens with zero attached hydrogens (tertiary/aromatic N) is 1. The molecule has 1 aliphatic rings. The predicted octanol–water partition coefficient (Wildman–Crippen LogP) is 0.641. The number of nitrogens with two attached hydrogens (primary N) is 1. The molecule has 0 aliphatic carbocycles. The summed E-state index contributed by atoms with van der Waals surface area (Å²) in [5, 5.41) is 9.27. The summed E-state index contributed by atoms with van der Waals surface area (Å²) in [6, 6.07) is 5.04. The van der Waals surface area contributed by atoms with Gasteiger partial charge in [-0.25, -0.2) is 4.79 Å². The molecule has 0 aromatic heterocycles. The van der Waals surface area contributed by atoms with Crippen molar-refractivity contribution in [1.82, 2.24) is 0 Å². The van der Waals surface area contributed by atoms with Gasteiger partial charge in [0.15, 0.2) is 0 Å². The summed E-state index contributed by atoms with van der Waals surface area (Å²) < 4.78 is 10.3. The zero-order valence-electron chi connectivity index (χ0n) is 11.7. The van der Waals surface area contributed by atoms with E-state index in [1.54, 1.807) is 18.2 Å². The molecule has 1 aromatic rings. The molecule has 1 fully saturated rings. The van der Waals surface area contributed by atoms with E-state index in [0.29, 0.717) is 24.3 Å². The van der Waals surface area contributed by atoms with Crippen molar-refractivity contribution in [2.75, 3.05) is 37.4 Å². The number of rotatable bonds is 3. The lowest BCUT2D eigenvalue weighted by molar-refractivity contribution is -0.0420. The number of benzene rings is 1. The van der Waals surface area contributed by atoms with Gasteiger partial charge in [0.25, 0.3) is 0 Å². The molecule has 2 rings (SSSR count). The highest BCUT2D eigenvalue weighted by Crippen LogP contribution is 2.28. The van der Waals surface area contributed by atoms with E-state index < -0.39 is 5.97 Å². The molecule has 110 valence electrons. The van der Waals surface area contributed by atoms with Gasteiger partial charge in [-0.3, -0.25) is 0 Å². The van der Waals surface area contributed by atoms with E-state index in [4.69, 9.17) is 15.2 Å². The monoisotopic (exact) mass is 280 g/mol. The molecule has 6 heteroatoms. The van der Waals surface area contributed by atoms with Gasteiger partial charge in [-0.05, 0) is 25.1 Å². The van der Waals surface area contributed by atoms with E-state index in [1.807, 2.05) is 11.8 Å². The normalized spacial score (nSPS) is 22.6. The first kappa shape index (κ1) is 14.6. The van der Waals surface area contributed by atoms with Crippen LogP contribution in [0.3, 0.4) is 0 Å². The first-order valence-electron chi connectivity index (χ1n) is 6.54. The van der Waals surface area contributed by atoms with Gasteiger partial charge in [-0.2, -0.15) is 0 Å². The predicted molar refractivity (Wildman–Crippen MR) is 75.8 cm³/mol. The Hall–Kier alpha value is -1.79. The van der Waals surface area contributed by atoms with Crippen molar-refractivity contribution in [2.24, 2.45) is 0 Å². The summed E-state index contributed by atoms with van der Waals surface area (Å²) in [5.74, 6) is -0.397. The Morgan fingerprint density at radius 3 is 2.95 bits per heavy atom. The van der Waals surface area contributed by atoms with E-state index >= 15 is 0 Å². The van der Waals surface area contributed by atoms with Gasteiger partial charge in [0.1, 0.15) is 0 Å². The smallest absolute Gasteiger partial charge is 0.337 e. The summed E-state index contributed by atoms with van der Waals surface area (Å²) in [6.45, 7) is 3.09. The Bertz CT molecular complexity index is 492. The standard InChI is InChI=1S/C14H20N2O4/c1-9-6-16(7-11(8-17)20-9)13-5-10(14(18)19-2)3-4-12(13)15/h3-5,9,11,17H,6-8,15H2,1-2H3. The van der Waals surface area contributed by atoms with Crippen molar-refractivity contribution in [3.8, 4) is 0 Å². The van der Waals surface area contributed by atoms with Crippen LogP contribution in [0.4, 0.5) is 11.4 Å². The van der Waals surface area contributed by atoms with Gasteiger partial charge in [-0.15, -0.1) is 0 Å². The van der Waals surface area contributed by atoms with Gasteiger partial charge in [0.05, 0.1) is 42.9 Å². The quantitative estimate of drug-likeness (QED) is 0.624. The first-order valence-corrected chi connectivity index (χ1v) is 6.54. The number of hydrogen-bond acceptors (Lipinski definition) is 6. The van der Waals surface area contributed by atoms with Gasteiger partial charge < -0.3 is 25.2 Å². The minimum Gasteiger partial charge on any atom is -0.465 e. The molecule has 0 amide bonds. The molecule has 0 spiro atoms. The second-order valence-corrected chi connectivity index (χ2v) is 4.92. The molecule has 20 heavy (non-hydrogen) atoms. The van der Waals surface area contributed by atoms with Crippen LogP contribution in [0, 0.1) is 0 Å². The SMILES string of the molecule is COC(=O)c1ccc(N)c(N2CC(C)OC(CO)C2)c1. The number of aliphatic hydroxyl groups is 1. The van der Waals surface area contributed by atoms with Crippen LogP contribution in [-0.2, 0) is 9.47 Å². The number of methoxy groups -OCH3 is 1. The highest BCUT2D eigenvalue weighted by Gasteiger charge is 2.26. The Morgan fingerprint density at radius 2 is 2.30 bits per heavy atom. The number of ether oxygens (including phenoxy) is 2. The second kappa shape index (κ2) is 6.11. The number of anilines is 2. The molecule has 0 bridgehead atoms. The lowest BCUT2D eigenvalue weighted by Crippen LogP contribution is -2.48. The topological polar surface area (TPSA) is 85.0 Å². The van der Waals surface area contributed by atoms with Crippen molar-refractivity contribution >= 4 is 17.3 Å². The molecular weight excluding hydrogens is 260 g/mol. The van der Waals surface area contributed by atoms with Crippen molar-refractivity contribution in [1.29, 1.82) is 0 Å². The minimum atomic E-state index is -0.397. The Balaban J connectivity index is 2.28. The zero-order chi connectivity index (χ0) is 14.7. The molecule has 0 saturated carbocycles. The summed E-state index contributed by atoms with van der Waals surface area (Å²) in [5.41, 5.74) is 7.80. The third-order valence-corrected chi connectivity index (χ3v) is 3.32. The van der Waals surface area contributed by atoms with Gasteiger partial charge in [0, 0.05) is 13.1 Å². The highest BCUT2D eigenvalue weighted by atomic mass is 16.5. The second-order valence-electron chi connectivity index (χ2n) is 4.92. The lowest BCUT2D eigenvalue weighted by atomic mass is 10.1. The molecule has 6 nitrogen and oxygen atoms in total. The number of morpholine rings is 1. The lowest BCUT2D eigenvalue weighted by Gasteiger charge is -2.38. The van der Waals surface area contributed by atoms with Crippen LogP contribution in [0.15, 0.2) is 18.2 Å². The van der Waals surface area contributed by atoms with E-state index in [-0.39, 0.29) is 18.8 Å². The zero-order valence-corrected chi connectivity index (χ0v) is 11.7. The van der Waals surface area contributed by atoms with Crippen LogP contribution in [-0.4, -0.2) is 50.1 Å². The number of carbonyl (C=O) groups excluding carboxylic acids is 1. The summed E-state index contributed by atoms with van der Waals surface area (Å²) >= 11 is 0. The summed E-state index contributed by atoms with van der Waals surface area (Å²) in [6.07, 6.45) is -0.262. The van der Waals surface area contributed by atoms with E-state index in [1.165, 1.54) is 7.11 Å². The average Bonchev–Trinajstić information content (AvgIpc) is 2.46. The number of nitrogen functional groups attached to an aromatic ring is 1. The molecule has 1 saturated heterocycles. The van der Waals surface area contributed by atoms with Crippen LogP contribution in [0.5, 0.6) is 0 Å². The molecule has 2 atom stereocenters. The number of carbonyl (C=O) groups is 1. The molecule has 1 aliphatic heterocycles. The Labute approximate surface area is 118 Å².